The van der Waals surface area contributed by atoms with Gasteiger partial charge < -0.3 is 4.90 Å². The Morgan fingerprint density at radius 2 is 1.97 bits per heavy atom. The number of halogens is 1. The lowest BCUT2D eigenvalue weighted by Gasteiger charge is -2.18. The molecule has 1 fully saturated rings. The van der Waals surface area contributed by atoms with Crippen molar-refractivity contribution in [3.8, 4) is 0 Å². The molecular weight excluding hydrogens is 436 g/mol. The smallest absolute Gasteiger partial charge is 0.277 e. The first-order valence-electron chi connectivity index (χ1n) is 10.1. The van der Waals surface area contributed by atoms with E-state index in [0.717, 1.165) is 51.5 Å². The van der Waals surface area contributed by atoms with Crippen molar-refractivity contribution in [3.63, 3.8) is 0 Å². The largest absolute Gasteiger partial charge is 0.303 e. The number of hydrogen-bond acceptors (Lipinski definition) is 4. The monoisotopic (exact) mass is 458 g/mol. The van der Waals surface area contributed by atoms with Crippen molar-refractivity contribution in [3.05, 3.63) is 64.8 Å². The minimum atomic E-state index is -3.72. The zero-order valence-electron chi connectivity index (χ0n) is 16.9. The summed E-state index contributed by atoms with van der Waals surface area (Å²) in [5.74, 6) is 0. The van der Waals surface area contributed by atoms with Gasteiger partial charge in [-0.2, -0.15) is 8.42 Å². The molecule has 7 heteroatoms. The summed E-state index contributed by atoms with van der Waals surface area (Å²) in [6, 6.07) is 13.8. The number of aryl methyl sites for hydroxylation is 1. The third-order valence-corrected chi connectivity index (χ3v) is 10.0. The Bertz CT molecular complexity index is 1370. The van der Waals surface area contributed by atoms with Gasteiger partial charge in [0.2, 0.25) is 0 Å². The summed E-state index contributed by atoms with van der Waals surface area (Å²) < 4.78 is 30.3. The molecule has 0 spiro atoms. The Labute approximate surface area is 185 Å². The molecule has 1 saturated heterocycles. The average Bonchev–Trinajstić information content (AvgIpc) is 3.40. The zero-order valence-corrected chi connectivity index (χ0v) is 19.3. The number of para-hydroxylation sites is 1. The van der Waals surface area contributed by atoms with Crippen LogP contribution in [0.3, 0.4) is 0 Å². The summed E-state index contributed by atoms with van der Waals surface area (Å²) in [7, 11) is -1.57. The van der Waals surface area contributed by atoms with Crippen LogP contribution in [0.1, 0.15) is 24.0 Å². The molecule has 4 aromatic rings. The van der Waals surface area contributed by atoms with Gasteiger partial charge in [0.15, 0.2) is 0 Å². The van der Waals surface area contributed by atoms with Crippen LogP contribution >= 0.6 is 22.9 Å². The fourth-order valence-electron chi connectivity index (χ4n) is 4.58. The Balaban J connectivity index is 1.66. The molecule has 156 valence electrons. The molecule has 3 heterocycles. The SMILES string of the molecule is Cc1c(S(=O)(=O)n2cc(C[C@@H]3CCCN3C)c3ccccc32)sc2ccc(Cl)cc12. The van der Waals surface area contributed by atoms with Gasteiger partial charge in [-0.1, -0.05) is 29.8 Å². The van der Waals surface area contributed by atoms with E-state index in [2.05, 4.69) is 11.9 Å². The second-order valence-corrected chi connectivity index (χ2v) is 11.6. The second kappa shape index (κ2) is 7.38. The molecule has 2 aromatic carbocycles. The molecule has 0 radical (unpaired) electrons. The molecule has 4 nitrogen and oxygen atoms in total. The van der Waals surface area contributed by atoms with Crippen molar-refractivity contribution in [2.24, 2.45) is 0 Å². The number of rotatable bonds is 4. The van der Waals surface area contributed by atoms with E-state index >= 15 is 0 Å². The molecule has 1 aliphatic rings. The quantitative estimate of drug-likeness (QED) is 0.394. The van der Waals surface area contributed by atoms with Gasteiger partial charge in [-0.3, -0.25) is 0 Å². The summed E-state index contributed by atoms with van der Waals surface area (Å²) in [5, 5.41) is 2.53. The van der Waals surface area contributed by atoms with Crippen molar-refractivity contribution in [2.75, 3.05) is 13.6 Å². The lowest BCUT2D eigenvalue weighted by Crippen LogP contribution is -2.26. The third-order valence-electron chi connectivity index (χ3n) is 6.24. The maximum Gasteiger partial charge on any atom is 0.277 e. The number of aromatic nitrogens is 1. The lowest BCUT2D eigenvalue weighted by molar-refractivity contribution is 0.310. The highest BCUT2D eigenvalue weighted by Gasteiger charge is 2.28. The topological polar surface area (TPSA) is 42.3 Å². The van der Waals surface area contributed by atoms with Crippen molar-refractivity contribution in [2.45, 2.75) is 36.4 Å². The van der Waals surface area contributed by atoms with E-state index in [0.29, 0.717) is 15.3 Å². The highest BCUT2D eigenvalue weighted by Crippen LogP contribution is 2.38. The fraction of sp³-hybridized carbons (Fsp3) is 0.304. The first-order chi connectivity index (χ1) is 14.4. The predicted molar refractivity (Wildman–Crippen MR) is 125 cm³/mol. The molecule has 2 aromatic heterocycles. The van der Waals surface area contributed by atoms with E-state index in [1.54, 1.807) is 6.07 Å². The summed E-state index contributed by atoms with van der Waals surface area (Å²) in [5.41, 5.74) is 2.59. The minimum absolute atomic E-state index is 0.380. The maximum atomic E-state index is 13.8. The van der Waals surface area contributed by atoms with Crippen LogP contribution in [-0.4, -0.2) is 36.9 Å². The van der Waals surface area contributed by atoms with Gasteiger partial charge in [-0.05, 0) is 80.6 Å². The summed E-state index contributed by atoms with van der Waals surface area (Å²) in [6.45, 7) is 2.97. The van der Waals surface area contributed by atoms with E-state index in [-0.39, 0.29) is 0 Å². The Morgan fingerprint density at radius 3 is 2.73 bits per heavy atom. The van der Waals surface area contributed by atoms with Gasteiger partial charge in [-0.15, -0.1) is 11.3 Å². The van der Waals surface area contributed by atoms with Crippen LogP contribution in [0.5, 0.6) is 0 Å². The van der Waals surface area contributed by atoms with E-state index in [1.807, 2.05) is 49.5 Å². The average molecular weight is 459 g/mol. The molecule has 1 aliphatic heterocycles. The van der Waals surface area contributed by atoms with Crippen LogP contribution < -0.4 is 0 Å². The first kappa shape index (κ1) is 20.1. The molecule has 30 heavy (non-hydrogen) atoms. The van der Waals surface area contributed by atoms with Gasteiger partial charge in [0.1, 0.15) is 4.21 Å². The zero-order chi connectivity index (χ0) is 21.0. The molecule has 0 N–H and O–H groups in total. The number of nitrogens with zero attached hydrogens (tertiary/aromatic N) is 2. The van der Waals surface area contributed by atoms with E-state index in [4.69, 9.17) is 11.6 Å². The van der Waals surface area contributed by atoms with Gasteiger partial charge in [0, 0.05) is 27.3 Å². The predicted octanol–water partition coefficient (Wildman–Crippen LogP) is 5.69. The van der Waals surface area contributed by atoms with Crippen molar-refractivity contribution in [1.29, 1.82) is 0 Å². The summed E-state index contributed by atoms with van der Waals surface area (Å²) in [4.78, 5) is 2.38. The standard InChI is InChI=1S/C23H23ClN2O2S2/c1-15-20-13-17(24)9-10-22(20)29-23(15)30(27,28)26-14-16(12-18-6-5-11-25(18)2)19-7-3-4-8-21(19)26/h3-4,7-10,13-14,18H,5-6,11-12H2,1-2H3/t18-/m0/s1. The van der Waals surface area contributed by atoms with Gasteiger partial charge in [-0.25, -0.2) is 3.97 Å². The molecule has 0 aliphatic carbocycles. The molecule has 5 rings (SSSR count). The third kappa shape index (κ3) is 3.17. The first-order valence-corrected chi connectivity index (χ1v) is 12.7. The number of likely N-dealkylation sites (N-methyl/N-ethyl adjacent to an activating group) is 1. The molecule has 0 bridgehead atoms. The van der Waals surface area contributed by atoms with Crippen LogP contribution in [0.2, 0.25) is 5.02 Å². The summed E-state index contributed by atoms with van der Waals surface area (Å²) >= 11 is 7.46. The molecule has 0 amide bonds. The Morgan fingerprint density at radius 1 is 1.17 bits per heavy atom. The summed E-state index contributed by atoms with van der Waals surface area (Å²) in [6.07, 6.45) is 5.05. The molecule has 0 unspecified atom stereocenters. The van der Waals surface area contributed by atoms with Crippen LogP contribution in [0, 0.1) is 6.92 Å². The molecule has 1 atom stereocenters. The van der Waals surface area contributed by atoms with Crippen molar-refractivity contribution in [1.82, 2.24) is 8.87 Å². The molecular formula is C23H23ClN2O2S2. The number of thiophene rings is 1. The fourth-order valence-corrected chi connectivity index (χ4v) is 7.96. The van der Waals surface area contributed by atoms with Gasteiger partial charge in [0.05, 0.1) is 5.52 Å². The van der Waals surface area contributed by atoms with Gasteiger partial charge in [0.25, 0.3) is 10.0 Å². The Kier molecular flexibility index (Phi) is 4.93. The van der Waals surface area contributed by atoms with E-state index < -0.39 is 10.0 Å². The normalized spacial score (nSPS) is 18.0. The Hall–Kier alpha value is -1.86. The number of likely N-dealkylation sites (tertiary alicyclic amines) is 1. The minimum Gasteiger partial charge on any atom is -0.303 e. The van der Waals surface area contributed by atoms with Crippen molar-refractivity contribution < 1.29 is 8.42 Å². The van der Waals surface area contributed by atoms with E-state index in [1.165, 1.54) is 21.7 Å². The van der Waals surface area contributed by atoms with Crippen molar-refractivity contribution >= 4 is 54.0 Å². The number of benzene rings is 2. The van der Waals surface area contributed by atoms with E-state index in [9.17, 15) is 8.42 Å². The maximum absolute atomic E-state index is 13.8. The number of hydrogen-bond donors (Lipinski definition) is 0. The molecule has 0 saturated carbocycles. The highest BCUT2D eigenvalue weighted by molar-refractivity contribution is 7.92. The highest BCUT2D eigenvalue weighted by atomic mass is 35.5. The lowest BCUT2D eigenvalue weighted by atomic mass is 10.0. The van der Waals surface area contributed by atoms with Crippen LogP contribution in [0.25, 0.3) is 21.0 Å². The van der Waals surface area contributed by atoms with Crippen LogP contribution in [0.4, 0.5) is 0 Å². The van der Waals surface area contributed by atoms with Crippen LogP contribution in [0.15, 0.2) is 52.9 Å². The number of fused-ring (bicyclic) bond motifs is 2. The second-order valence-electron chi connectivity index (χ2n) is 8.11. The van der Waals surface area contributed by atoms with Crippen LogP contribution in [-0.2, 0) is 16.4 Å². The van der Waals surface area contributed by atoms with Gasteiger partial charge >= 0.3 is 0 Å².